The molecule has 0 unspecified atom stereocenters. The van der Waals surface area contributed by atoms with Gasteiger partial charge in [0.1, 0.15) is 5.75 Å². The van der Waals surface area contributed by atoms with Gasteiger partial charge >= 0.3 is 0 Å². The van der Waals surface area contributed by atoms with Gasteiger partial charge in [0, 0.05) is 12.0 Å². The summed E-state index contributed by atoms with van der Waals surface area (Å²) < 4.78 is 6.71. The predicted octanol–water partition coefficient (Wildman–Crippen LogP) is 3.81. The average molecular weight is 262 g/mol. The molecule has 0 atom stereocenters. The van der Waals surface area contributed by atoms with E-state index < -0.39 is 0 Å². The minimum atomic E-state index is 0.108. The van der Waals surface area contributed by atoms with Gasteiger partial charge < -0.3 is 4.74 Å². The molecule has 2 heterocycles. The molecule has 0 N–H and O–H groups in total. The van der Waals surface area contributed by atoms with Gasteiger partial charge in [0.05, 0.1) is 16.4 Å². The second kappa shape index (κ2) is 4.63. The first-order valence-electron chi connectivity index (χ1n) is 5.34. The molecule has 0 bridgehead atoms. The van der Waals surface area contributed by atoms with Crippen LogP contribution in [0.25, 0.3) is 0 Å². The van der Waals surface area contributed by atoms with E-state index in [-0.39, 0.29) is 5.78 Å². The van der Waals surface area contributed by atoms with Crippen LogP contribution in [0.5, 0.6) is 5.75 Å². The lowest BCUT2D eigenvalue weighted by atomic mass is 10.0. The van der Waals surface area contributed by atoms with Gasteiger partial charge in [0.15, 0.2) is 5.78 Å². The summed E-state index contributed by atoms with van der Waals surface area (Å²) in [4.78, 5) is 12.4. The van der Waals surface area contributed by atoms with E-state index in [1.54, 1.807) is 23.5 Å². The Morgan fingerprint density at radius 2 is 1.88 bits per heavy atom. The zero-order chi connectivity index (χ0) is 11.7. The summed E-state index contributed by atoms with van der Waals surface area (Å²) in [5.74, 6) is 0.811. The topological polar surface area (TPSA) is 26.3 Å². The SMILES string of the molecule is O=C1C(=C2SC=CS2)CCOc2ccccc21. The van der Waals surface area contributed by atoms with Crippen LogP contribution < -0.4 is 4.74 Å². The summed E-state index contributed by atoms with van der Waals surface area (Å²) >= 11 is 3.24. The molecule has 0 spiro atoms. The first-order valence-corrected chi connectivity index (χ1v) is 7.10. The highest BCUT2D eigenvalue weighted by molar-refractivity contribution is 8.27. The molecule has 0 saturated heterocycles. The summed E-state index contributed by atoms with van der Waals surface area (Å²) in [5, 5.41) is 4.02. The molecule has 4 heteroatoms. The third-order valence-electron chi connectivity index (χ3n) is 2.67. The van der Waals surface area contributed by atoms with Gasteiger partial charge in [-0.15, -0.1) is 0 Å². The van der Waals surface area contributed by atoms with E-state index in [1.165, 1.54) is 0 Å². The molecular formula is C13H10O2S2. The van der Waals surface area contributed by atoms with Gasteiger partial charge in [-0.05, 0) is 22.9 Å². The van der Waals surface area contributed by atoms with Crippen LogP contribution >= 0.6 is 23.5 Å². The van der Waals surface area contributed by atoms with Crippen LogP contribution in [-0.2, 0) is 0 Å². The smallest absolute Gasteiger partial charge is 0.194 e. The maximum atomic E-state index is 12.4. The van der Waals surface area contributed by atoms with Crippen LogP contribution in [0, 0.1) is 0 Å². The Kier molecular flexibility index (Phi) is 2.99. The molecule has 0 saturated carbocycles. The number of benzene rings is 1. The molecule has 1 aromatic rings. The predicted molar refractivity (Wildman–Crippen MR) is 72.2 cm³/mol. The van der Waals surface area contributed by atoms with Crippen molar-refractivity contribution in [3.8, 4) is 5.75 Å². The number of ether oxygens (including phenoxy) is 1. The molecule has 86 valence electrons. The maximum Gasteiger partial charge on any atom is 0.194 e. The van der Waals surface area contributed by atoms with Crippen molar-refractivity contribution in [2.75, 3.05) is 6.61 Å². The van der Waals surface area contributed by atoms with E-state index in [9.17, 15) is 4.79 Å². The molecule has 2 nitrogen and oxygen atoms in total. The van der Waals surface area contributed by atoms with Gasteiger partial charge in [-0.2, -0.15) is 0 Å². The summed E-state index contributed by atoms with van der Waals surface area (Å²) in [5.41, 5.74) is 1.57. The van der Waals surface area contributed by atoms with E-state index in [0.717, 1.165) is 9.81 Å². The molecule has 0 radical (unpaired) electrons. The minimum absolute atomic E-state index is 0.108. The number of thioether (sulfide) groups is 2. The molecule has 0 amide bonds. The fourth-order valence-corrected chi connectivity index (χ4v) is 3.78. The van der Waals surface area contributed by atoms with E-state index in [0.29, 0.717) is 24.3 Å². The van der Waals surface area contributed by atoms with Crippen LogP contribution in [0.15, 0.2) is 44.9 Å². The Labute approximate surface area is 108 Å². The van der Waals surface area contributed by atoms with Gasteiger partial charge in [-0.25, -0.2) is 0 Å². The third kappa shape index (κ3) is 2.03. The van der Waals surface area contributed by atoms with Crippen LogP contribution in [0.2, 0.25) is 0 Å². The Bertz CT molecular complexity index is 522. The van der Waals surface area contributed by atoms with Crippen molar-refractivity contribution in [3.63, 3.8) is 0 Å². The lowest BCUT2D eigenvalue weighted by Gasteiger charge is -2.05. The Balaban J connectivity index is 2.06. The molecule has 1 aromatic carbocycles. The van der Waals surface area contributed by atoms with Crippen molar-refractivity contribution in [1.29, 1.82) is 0 Å². The fourth-order valence-electron chi connectivity index (χ4n) is 1.86. The number of carbonyl (C=O) groups excluding carboxylic acids is 1. The largest absolute Gasteiger partial charge is 0.492 e. The second-order valence-corrected chi connectivity index (χ2v) is 5.79. The lowest BCUT2D eigenvalue weighted by Crippen LogP contribution is -2.03. The molecule has 17 heavy (non-hydrogen) atoms. The minimum Gasteiger partial charge on any atom is -0.492 e. The van der Waals surface area contributed by atoms with Gasteiger partial charge in [0.25, 0.3) is 0 Å². The zero-order valence-electron chi connectivity index (χ0n) is 9.01. The third-order valence-corrected chi connectivity index (χ3v) is 4.88. The lowest BCUT2D eigenvalue weighted by molar-refractivity contribution is 0.103. The summed E-state index contributed by atoms with van der Waals surface area (Å²) in [6.45, 7) is 0.572. The highest BCUT2D eigenvalue weighted by atomic mass is 32.2. The first-order chi connectivity index (χ1) is 8.36. The normalized spacial score (nSPS) is 18.9. The number of Topliss-reactive ketones (excluding diaryl/α,β-unsaturated/α-hetero) is 1. The number of carbonyl (C=O) groups is 1. The molecular weight excluding hydrogens is 252 g/mol. The Hall–Kier alpha value is -1.13. The standard InChI is InChI=1S/C13H10O2S2/c14-12-9-3-1-2-4-11(9)15-6-5-10(12)13-16-7-8-17-13/h1-4,7-8H,5-6H2. The second-order valence-electron chi connectivity index (χ2n) is 3.70. The number of hydrogen-bond acceptors (Lipinski definition) is 4. The van der Waals surface area contributed by atoms with Crippen molar-refractivity contribution in [2.45, 2.75) is 6.42 Å². The quantitative estimate of drug-likeness (QED) is 0.664. The molecule has 2 aliphatic rings. The molecule has 3 rings (SSSR count). The van der Waals surface area contributed by atoms with Crippen LogP contribution in [0.1, 0.15) is 16.8 Å². The van der Waals surface area contributed by atoms with Crippen LogP contribution in [0.3, 0.4) is 0 Å². The number of hydrogen-bond donors (Lipinski definition) is 0. The molecule has 0 fully saturated rings. The highest BCUT2D eigenvalue weighted by Crippen LogP contribution is 2.42. The van der Waals surface area contributed by atoms with Gasteiger partial charge in [0.2, 0.25) is 0 Å². The maximum absolute atomic E-state index is 12.4. The van der Waals surface area contributed by atoms with E-state index in [4.69, 9.17) is 4.74 Å². The molecule has 0 aromatic heterocycles. The van der Waals surface area contributed by atoms with E-state index in [1.807, 2.05) is 35.1 Å². The monoisotopic (exact) mass is 262 g/mol. The van der Waals surface area contributed by atoms with E-state index in [2.05, 4.69) is 0 Å². The number of ketones is 1. The average Bonchev–Trinajstić information content (AvgIpc) is 2.83. The number of rotatable bonds is 0. The zero-order valence-corrected chi connectivity index (χ0v) is 10.6. The summed E-state index contributed by atoms with van der Waals surface area (Å²) in [6, 6.07) is 7.46. The van der Waals surface area contributed by atoms with Crippen LogP contribution in [0.4, 0.5) is 0 Å². The number of fused-ring (bicyclic) bond motifs is 1. The fraction of sp³-hybridized carbons (Fsp3) is 0.154. The Morgan fingerprint density at radius 1 is 1.12 bits per heavy atom. The van der Waals surface area contributed by atoms with Crippen molar-refractivity contribution >= 4 is 29.3 Å². The van der Waals surface area contributed by atoms with Crippen molar-refractivity contribution in [3.05, 3.63) is 50.5 Å². The van der Waals surface area contributed by atoms with Gasteiger partial charge in [-0.3, -0.25) is 4.79 Å². The summed E-state index contributed by atoms with van der Waals surface area (Å²) in [6.07, 6.45) is 0.685. The van der Waals surface area contributed by atoms with E-state index >= 15 is 0 Å². The Morgan fingerprint density at radius 3 is 2.71 bits per heavy atom. The first kappa shape index (κ1) is 11.0. The van der Waals surface area contributed by atoms with Crippen molar-refractivity contribution in [2.24, 2.45) is 0 Å². The van der Waals surface area contributed by atoms with Gasteiger partial charge in [-0.1, -0.05) is 35.7 Å². The molecule has 0 aliphatic carbocycles. The van der Waals surface area contributed by atoms with Crippen LogP contribution in [-0.4, -0.2) is 12.4 Å². The molecule has 2 aliphatic heterocycles. The van der Waals surface area contributed by atoms with Crippen molar-refractivity contribution < 1.29 is 9.53 Å². The summed E-state index contributed by atoms with van der Waals surface area (Å²) in [7, 11) is 0. The number of para-hydroxylation sites is 1. The van der Waals surface area contributed by atoms with Crippen molar-refractivity contribution in [1.82, 2.24) is 0 Å². The highest BCUT2D eigenvalue weighted by Gasteiger charge is 2.24.